The zero-order chi connectivity index (χ0) is 14.5. The monoisotopic (exact) mass is 280 g/mol. The van der Waals surface area contributed by atoms with E-state index in [1.165, 1.54) is 18.7 Å². The lowest BCUT2D eigenvalue weighted by Gasteiger charge is -2.05. The van der Waals surface area contributed by atoms with Crippen molar-refractivity contribution in [1.29, 1.82) is 0 Å². The average Bonchev–Trinajstić information content (AvgIpc) is 2.97. The molecule has 0 fully saturated rings. The number of hydrogen-bond acceptors (Lipinski definition) is 4. The standard InChI is InChI=1S/C15H12N4O2/c20-15-13-10-17-11-19(13)7-5-16-9-12-3-1-2-4-14(12)21-8-6-18-15/h1-7,9-11H,8H2/b7-5-,16-9?,18-6?. The summed E-state index contributed by atoms with van der Waals surface area (Å²) in [4.78, 5) is 23.9. The highest BCUT2D eigenvalue weighted by atomic mass is 16.5. The third kappa shape index (κ3) is 2.94. The second kappa shape index (κ2) is 5.96. The third-order valence-corrected chi connectivity index (χ3v) is 2.85. The number of aliphatic imine (C=N–C) groups is 2. The Morgan fingerprint density at radius 3 is 3.10 bits per heavy atom. The predicted molar refractivity (Wildman–Crippen MR) is 79.9 cm³/mol. The maximum absolute atomic E-state index is 11.9. The van der Waals surface area contributed by atoms with E-state index < -0.39 is 0 Å². The molecule has 1 aliphatic heterocycles. The maximum Gasteiger partial charge on any atom is 0.295 e. The van der Waals surface area contributed by atoms with E-state index in [1.54, 1.807) is 23.2 Å². The van der Waals surface area contributed by atoms with Crippen LogP contribution in [0.3, 0.4) is 0 Å². The number of nitrogens with zero attached hydrogens (tertiary/aromatic N) is 4. The molecule has 0 unspecified atom stereocenters. The molecule has 1 aromatic carbocycles. The Hall–Kier alpha value is -3.02. The molecule has 0 N–H and O–H groups in total. The van der Waals surface area contributed by atoms with Crippen molar-refractivity contribution in [2.24, 2.45) is 9.98 Å². The first-order chi connectivity index (χ1) is 10.3. The molecule has 0 aliphatic carbocycles. The zero-order valence-electron chi connectivity index (χ0n) is 11.1. The largest absolute Gasteiger partial charge is 0.487 e. The van der Waals surface area contributed by atoms with Gasteiger partial charge in [-0.25, -0.2) is 9.98 Å². The number of amides is 1. The van der Waals surface area contributed by atoms with Gasteiger partial charge in [0.25, 0.3) is 5.91 Å². The summed E-state index contributed by atoms with van der Waals surface area (Å²) in [6.07, 6.45) is 9.35. The van der Waals surface area contributed by atoms with Gasteiger partial charge in [0, 0.05) is 30.4 Å². The number of ether oxygens (including phenoxy) is 1. The van der Waals surface area contributed by atoms with Crippen LogP contribution in [0.25, 0.3) is 6.20 Å². The molecule has 2 aromatic rings. The smallest absolute Gasteiger partial charge is 0.295 e. The molecule has 1 aliphatic rings. The van der Waals surface area contributed by atoms with Crippen LogP contribution in [0.1, 0.15) is 16.1 Å². The Morgan fingerprint density at radius 2 is 2.14 bits per heavy atom. The second-order valence-electron chi connectivity index (χ2n) is 4.23. The van der Waals surface area contributed by atoms with Crippen LogP contribution in [0.15, 0.2) is 53.0 Å². The Labute approximate surface area is 121 Å². The Bertz CT molecular complexity index is 744. The van der Waals surface area contributed by atoms with Crippen LogP contribution < -0.4 is 4.74 Å². The van der Waals surface area contributed by atoms with E-state index >= 15 is 0 Å². The molecule has 0 saturated heterocycles. The molecule has 1 aromatic heterocycles. The highest BCUT2D eigenvalue weighted by Crippen LogP contribution is 2.15. The van der Waals surface area contributed by atoms with E-state index in [-0.39, 0.29) is 12.5 Å². The molecular formula is C15H12N4O2. The van der Waals surface area contributed by atoms with Gasteiger partial charge in [-0.1, -0.05) is 12.1 Å². The first-order valence-electron chi connectivity index (χ1n) is 6.35. The third-order valence-electron chi connectivity index (χ3n) is 2.85. The normalized spacial score (nSPS) is 15.9. The van der Waals surface area contributed by atoms with Crippen molar-refractivity contribution in [1.82, 2.24) is 9.55 Å². The van der Waals surface area contributed by atoms with Crippen LogP contribution in [0.5, 0.6) is 5.75 Å². The van der Waals surface area contributed by atoms with E-state index in [1.807, 2.05) is 24.3 Å². The number of fused-ring (bicyclic) bond motifs is 2. The molecule has 0 spiro atoms. The van der Waals surface area contributed by atoms with Crippen LogP contribution in [-0.2, 0) is 0 Å². The fourth-order valence-corrected chi connectivity index (χ4v) is 1.85. The number of carbonyl (C=O) groups is 1. The van der Waals surface area contributed by atoms with Gasteiger partial charge in [0.05, 0.1) is 12.5 Å². The fraction of sp³-hybridized carbons (Fsp3) is 0.0667. The number of benzene rings is 1. The van der Waals surface area contributed by atoms with Crippen LogP contribution >= 0.6 is 0 Å². The highest BCUT2D eigenvalue weighted by Gasteiger charge is 2.08. The summed E-state index contributed by atoms with van der Waals surface area (Å²) in [5.41, 5.74) is 1.22. The molecule has 2 heterocycles. The lowest BCUT2D eigenvalue weighted by atomic mass is 10.2. The molecule has 6 heteroatoms. The minimum Gasteiger partial charge on any atom is -0.487 e. The Kier molecular flexibility index (Phi) is 3.68. The minimum absolute atomic E-state index is 0.207. The van der Waals surface area contributed by atoms with Crippen LogP contribution in [0.2, 0.25) is 0 Å². The fourth-order valence-electron chi connectivity index (χ4n) is 1.85. The van der Waals surface area contributed by atoms with Gasteiger partial charge in [-0.3, -0.25) is 14.4 Å². The highest BCUT2D eigenvalue weighted by molar-refractivity contribution is 5.98. The SMILES string of the molecule is O=C1N=CCOc2ccccc2C=N/C=C\n2cncc21. The number of carbonyl (C=O) groups excluding carboxylic acids is 1. The first-order valence-corrected chi connectivity index (χ1v) is 6.35. The van der Waals surface area contributed by atoms with Crippen molar-refractivity contribution in [2.45, 2.75) is 0 Å². The second-order valence-corrected chi connectivity index (χ2v) is 4.23. The quantitative estimate of drug-likeness (QED) is 0.741. The number of para-hydroxylation sites is 1. The summed E-state index contributed by atoms with van der Waals surface area (Å²) in [6, 6.07) is 7.52. The molecule has 3 rings (SSSR count). The number of rotatable bonds is 0. The molecule has 0 atom stereocenters. The van der Waals surface area contributed by atoms with Gasteiger partial charge in [-0.05, 0) is 12.1 Å². The topological polar surface area (TPSA) is 68.8 Å². The molecule has 0 radical (unpaired) electrons. The van der Waals surface area contributed by atoms with Crippen molar-refractivity contribution in [3.8, 4) is 5.75 Å². The van der Waals surface area contributed by atoms with E-state index in [0.29, 0.717) is 11.4 Å². The van der Waals surface area contributed by atoms with Crippen molar-refractivity contribution in [3.05, 3.63) is 54.2 Å². The van der Waals surface area contributed by atoms with Crippen molar-refractivity contribution < 1.29 is 9.53 Å². The minimum atomic E-state index is -0.378. The molecular weight excluding hydrogens is 268 g/mol. The summed E-state index contributed by atoms with van der Waals surface area (Å²) in [6.45, 7) is 0.207. The van der Waals surface area contributed by atoms with Gasteiger partial charge in [0.15, 0.2) is 0 Å². The van der Waals surface area contributed by atoms with Gasteiger partial charge in [0.1, 0.15) is 18.1 Å². The summed E-state index contributed by atoms with van der Waals surface area (Å²) < 4.78 is 7.15. The molecule has 1 amide bonds. The predicted octanol–water partition coefficient (Wildman–Crippen LogP) is 2.03. The summed E-state index contributed by atoms with van der Waals surface area (Å²) in [7, 11) is 0. The van der Waals surface area contributed by atoms with E-state index in [9.17, 15) is 4.79 Å². The molecule has 0 saturated carbocycles. The van der Waals surface area contributed by atoms with Gasteiger partial charge < -0.3 is 4.74 Å². The van der Waals surface area contributed by atoms with Gasteiger partial charge in [0.2, 0.25) is 0 Å². The van der Waals surface area contributed by atoms with Crippen molar-refractivity contribution >= 4 is 24.5 Å². The van der Waals surface area contributed by atoms with Crippen molar-refractivity contribution in [2.75, 3.05) is 6.61 Å². The van der Waals surface area contributed by atoms with Crippen LogP contribution in [0, 0.1) is 0 Å². The van der Waals surface area contributed by atoms with Gasteiger partial charge in [-0.15, -0.1) is 0 Å². The molecule has 0 bridgehead atoms. The van der Waals surface area contributed by atoms with Crippen LogP contribution in [0.4, 0.5) is 0 Å². The van der Waals surface area contributed by atoms with E-state index in [2.05, 4.69) is 15.0 Å². The summed E-state index contributed by atoms with van der Waals surface area (Å²) in [5.74, 6) is 0.311. The van der Waals surface area contributed by atoms with Crippen LogP contribution in [-0.4, -0.2) is 34.5 Å². The lowest BCUT2D eigenvalue weighted by molar-refractivity contribution is 0.0997. The zero-order valence-corrected chi connectivity index (χ0v) is 11.1. The lowest BCUT2D eigenvalue weighted by Crippen LogP contribution is -2.05. The number of imidazole rings is 1. The summed E-state index contributed by atoms with van der Waals surface area (Å²) >= 11 is 0. The summed E-state index contributed by atoms with van der Waals surface area (Å²) in [5, 5.41) is 0. The van der Waals surface area contributed by atoms with Gasteiger partial charge in [-0.2, -0.15) is 0 Å². The molecule has 21 heavy (non-hydrogen) atoms. The first kappa shape index (κ1) is 13.0. The molecule has 104 valence electrons. The Morgan fingerprint density at radius 1 is 1.24 bits per heavy atom. The van der Waals surface area contributed by atoms with Crippen molar-refractivity contribution in [3.63, 3.8) is 0 Å². The van der Waals surface area contributed by atoms with E-state index in [0.717, 1.165) is 5.56 Å². The van der Waals surface area contributed by atoms with Gasteiger partial charge >= 0.3 is 0 Å². The Balaban J connectivity index is 1.98. The van der Waals surface area contributed by atoms with E-state index in [4.69, 9.17) is 4.74 Å². The maximum atomic E-state index is 11.9. The molecule has 6 nitrogen and oxygen atoms in total. The number of aromatic nitrogens is 2. The number of hydrogen-bond donors (Lipinski definition) is 0. The average molecular weight is 280 g/mol.